The highest BCUT2D eigenvalue weighted by Gasteiger charge is 2.22. The predicted molar refractivity (Wildman–Crippen MR) is 63.5 cm³/mol. The first-order valence-electron chi connectivity index (χ1n) is 6.43. The molecule has 1 saturated heterocycles. The minimum Gasteiger partial charge on any atom is -0.368 e. The number of hydrogen-bond donors (Lipinski definition) is 1. The van der Waals surface area contributed by atoms with Crippen LogP contribution in [-0.4, -0.2) is 29.3 Å². The van der Waals surface area contributed by atoms with Crippen LogP contribution < -0.4 is 5.32 Å². The summed E-state index contributed by atoms with van der Waals surface area (Å²) < 4.78 is 10.9. The summed E-state index contributed by atoms with van der Waals surface area (Å²) in [6.07, 6.45) is 3.29. The maximum atomic E-state index is 5.83. The number of nitrogens with zero attached hydrogens (tertiary/aromatic N) is 2. The molecule has 5 nitrogen and oxygen atoms in total. The van der Waals surface area contributed by atoms with Crippen molar-refractivity contribution in [2.75, 3.05) is 13.1 Å². The Balaban J connectivity index is 1.79. The Kier molecular flexibility index (Phi) is 4.50. The second-order valence-electron chi connectivity index (χ2n) is 4.67. The standard InChI is InChI=1S/C12H21N3O2/c1-3-4-12-14-11(15-17-12)8-16-10-7-13-6-5-9(10)2/h9-10,13H,3-8H2,1-2H3. The van der Waals surface area contributed by atoms with Crippen LogP contribution >= 0.6 is 0 Å². The van der Waals surface area contributed by atoms with Crippen molar-refractivity contribution in [3.8, 4) is 0 Å². The maximum absolute atomic E-state index is 5.83. The quantitative estimate of drug-likeness (QED) is 0.844. The van der Waals surface area contributed by atoms with Crippen molar-refractivity contribution in [2.24, 2.45) is 5.92 Å². The number of aromatic nitrogens is 2. The summed E-state index contributed by atoms with van der Waals surface area (Å²) in [4.78, 5) is 4.29. The smallest absolute Gasteiger partial charge is 0.226 e. The predicted octanol–water partition coefficient (Wildman–Crippen LogP) is 1.54. The third-order valence-corrected chi connectivity index (χ3v) is 3.16. The van der Waals surface area contributed by atoms with Gasteiger partial charge in [-0.2, -0.15) is 4.98 Å². The lowest BCUT2D eigenvalue weighted by Gasteiger charge is -2.28. The maximum Gasteiger partial charge on any atom is 0.226 e. The van der Waals surface area contributed by atoms with Crippen LogP contribution in [0.3, 0.4) is 0 Å². The number of nitrogens with one attached hydrogen (secondary N) is 1. The molecule has 1 aromatic rings. The van der Waals surface area contributed by atoms with E-state index in [1.165, 1.54) is 0 Å². The van der Waals surface area contributed by atoms with Gasteiger partial charge in [-0.1, -0.05) is 19.0 Å². The van der Waals surface area contributed by atoms with E-state index in [1.54, 1.807) is 0 Å². The van der Waals surface area contributed by atoms with Crippen LogP contribution in [0, 0.1) is 5.92 Å². The van der Waals surface area contributed by atoms with Gasteiger partial charge in [-0.3, -0.25) is 0 Å². The topological polar surface area (TPSA) is 60.2 Å². The molecular formula is C12H21N3O2. The number of hydrogen-bond acceptors (Lipinski definition) is 5. The molecule has 0 radical (unpaired) electrons. The lowest BCUT2D eigenvalue weighted by molar-refractivity contribution is -0.0101. The van der Waals surface area contributed by atoms with Crippen LogP contribution in [0.1, 0.15) is 38.4 Å². The summed E-state index contributed by atoms with van der Waals surface area (Å²) in [7, 11) is 0. The summed E-state index contributed by atoms with van der Waals surface area (Å²) in [5.74, 6) is 1.96. The second-order valence-corrected chi connectivity index (χ2v) is 4.67. The van der Waals surface area contributed by atoms with Gasteiger partial charge in [-0.25, -0.2) is 0 Å². The van der Waals surface area contributed by atoms with Gasteiger partial charge < -0.3 is 14.6 Å². The third kappa shape index (κ3) is 3.51. The molecule has 0 aromatic carbocycles. The molecule has 17 heavy (non-hydrogen) atoms. The van der Waals surface area contributed by atoms with Gasteiger partial charge in [-0.05, 0) is 25.3 Å². The van der Waals surface area contributed by atoms with Crippen LogP contribution in [0.25, 0.3) is 0 Å². The van der Waals surface area contributed by atoms with Gasteiger partial charge in [-0.15, -0.1) is 0 Å². The minimum absolute atomic E-state index is 0.261. The van der Waals surface area contributed by atoms with E-state index in [1.807, 2.05) is 0 Å². The van der Waals surface area contributed by atoms with Crippen LogP contribution in [0.5, 0.6) is 0 Å². The molecule has 1 aromatic heterocycles. The van der Waals surface area contributed by atoms with E-state index in [0.717, 1.165) is 32.4 Å². The number of piperidine rings is 1. The molecule has 1 fully saturated rings. The summed E-state index contributed by atoms with van der Waals surface area (Å²) in [6.45, 7) is 6.77. The first-order chi connectivity index (χ1) is 8.29. The van der Waals surface area contributed by atoms with Gasteiger partial charge >= 0.3 is 0 Å². The van der Waals surface area contributed by atoms with Gasteiger partial charge in [0.15, 0.2) is 5.82 Å². The SMILES string of the molecule is CCCc1nc(COC2CNCCC2C)no1. The summed E-state index contributed by atoms with van der Waals surface area (Å²) in [6, 6.07) is 0. The van der Waals surface area contributed by atoms with Crippen LogP contribution in [-0.2, 0) is 17.8 Å². The van der Waals surface area contributed by atoms with Crippen molar-refractivity contribution in [1.82, 2.24) is 15.5 Å². The van der Waals surface area contributed by atoms with Crippen LogP contribution in [0.2, 0.25) is 0 Å². The Hall–Kier alpha value is -0.940. The highest BCUT2D eigenvalue weighted by molar-refractivity contribution is 4.85. The van der Waals surface area contributed by atoms with Crippen molar-refractivity contribution in [3.05, 3.63) is 11.7 Å². The zero-order valence-electron chi connectivity index (χ0n) is 10.6. The molecule has 96 valence electrons. The Labute approximate surface area is 102 Å². The van der Waals surface area contributed by atoms with Crippen molar-refractivity contribution < 1.29 is 9.26 Å². The van der Waals surface area contributed by atoms with Gasteiger partial charge in [0.05, 0.1) is 6.10 Å². The molecule has 1 aliphatic rings. The molecule has 1 N–H and O–H groups in total. The summed E-state index contributed by atoms with van der Waals surface area (Å²) >= 11 is 0. The second kappa shape index (κ2) is 6.12. The Morgan fingerprint density at radius 3 is 3.18 bits per heavy atom. The molecular weight excluding hydrogens is 218 g/mol. The summed E-state index contributed by atoms with van der Waals surface area (Å²) in [5, 5.41) is 7.25. The van der Waals surface area contributed by atoms with Crippen molar-refractivity contribution in [2.45, 2.75) is 45.8 Å². The monoisotopic (exact) mass is 239 g/mol. The van der Waals surface area contributed by atoms with E-state index in [9.17, 15) is 0 Å². The number of ether oxygens (including phenoxy) is 1. The first-order valence-corrected chi connectivity index (χ1v) is 6.43. The molecule has 1 aliphatic heterocycles. The van der Waals surface area contributed by atoms with Crippen molar-refractivity contribution in [3.63, 3.8) is 0 Å². The Bertz CT molecular complexity index is 340. The average molecular weight is 239 g/mol. The Morgan fingerprint density at radius 1 is 1.53 bits per heavy atom. The highest BCUT2D eigenvalue weighted by atomic mass is 16.5. The number of rotatable bonds is 5. The molecule has 0 bridgehead atoms. The lowest BCUT2D eigenvalue weighted by Crippen LogP contribution is -2.41. The molecule has 0 aliphatic carbocycles. The van der Waals surface area contributed by atoms with E-state index >= 15 is 0 Å². The van der Waals surface area contributed by atoms with E-state index in [4.69, 9.17) is 9.26 Å². The van der Waals surface area contributed by atoms with Crippen molar-refractivity contribution in [1.29, 1.82) is 0 Å². The Morgan fingerprint density at radius 2 is 2.41 bits per heavy atom. The average Bonchev–Trinajstić information content (AvgIpc) is 2.76. The number of aryl methyl sites for hydroxylation is 1. The molecule has 0 spiro atoms. The van der Waals surface area contributed by atoms with E-state index in [0.29, 0.717) is 24.2 Å². The summed E-state index contributed by atoms with van der Waals surface area (Å²) in [5.41, 5.74) is 0. The normalized spacial score (nSPS) is 25.1. The van der Waals surface area contributed by atoms with E-state index in [-0.39, 0.29) is 6.10 Å². The fraction of sp³-hybridized carbons (Fsp3) is 0.833. The van der Waals surface area contributed by atoms with Gasteiger partial charge in [0.2, 0.25) is 5.89 Å². The zero-order chi connectivity index (χ0) is 12.1. The van der Waals surface area contributed by atoms with E-state index in [2.05, 4.69) is 29.3 Å². The molecule has 0 amide bonds. The largest absolute Gasteiger partial charge is 0.368 e. The first kappa shape index (κ1) is 12.5. The zero-order valence-corrected chi connectivity index (χ0v) is 10.6. The molecule has 2 unspecified atom stereocenters. The van der Waals surface area contributed by atoms with Gasteiger partial charge in [0, 0.05) is 13.0 Å². The fourth-order valence-corrected chi connectivity index (χ4v) is 2.03. The van der Waals surface area contributed by atoms with Gasteiger partial charge in [0.25, 0.3) is 0 Å². The third-order valence-electron chi connectivity index (χ3n) is 3.16. The molecule has 5 heteroatoms. The van der Waals surface area contributed by atoms with Crippen LogP contribution in [0.4, 0.5) is 0 Å². The molecule has 0 saturated carbocycles. The minimum atomic E-state index is 0.261. The van der Waals surface area contributed by atoms with E-state index < -0.39 is 0 Å². The van der Waals surface area contributed by atoms with Gasteiger partial charge in [0.1, 0.15) is 6.61 Å². The van der Waals surface area contributed by atoms with Crippen LogP contribution in [0.15, 0.2) is 4.52 Å². The lowest BCUT2D eigenvalue weighted by atomic mass is 9.97. The fourth-order valence-electron chi connectivity index (χ4n) is 2.03. The molecule has 2 heterocycles. The highest BCUT2D eigenvalue weighted by Crippen LogP contribution is 2.15. The molecule has 2 atom stereocenters. The molecule has 2 rings (SSSR count). The van der Waals surface area contributed by atoms with Crippen molar-refractivity contribution >= 4 is 0 Å².